The number of rotatable bonds is 2. The second kappa shape index (κ2) is 5.65. The predicted molar refractivity (Wildman–Crippen MR) is 95.9 cm³/mol. The van der Waals surface area contributed by atoms with Crippen molar-refractivity contribution in [3.8, 4) is 6.07 Å². The van der Waals surface area contributed by atoms with Gasteiger partial charge in [0.2, 0.25) is 0 Å². The fourth-order valence-corrected chi connectivity index (χ4v) is 6.81. The lowest BCUT2D eigenvalue weighted by molar-refractivity contribution is -0.0297. The first-order chi connectivity index (χ1) is 11.5. The topological polar surface area (TPSA) is 33.0 Å². The number of ether oxygens (including phenoxy) is 1. The van der Waals surface area contributed by atoms with E-state index in [-0.39, 0.29) is 11.3 Å². The Bertz CT molecular complexity index is 626. The van der Waals surface area contributed by atoms with Crippen LogP contribution in [-0.4, -0.2) is 6.61 Å². The maximum atomic E-state index is 9.60. The van der Waals surface area contributed by atoms with E-state index in [1.54, 1.807) is 0 Å². The van der Waals surface area contributed by atoms with Crippen molar-refractivity contribution in [3.05, 3.63) is 23.5 Å². The SMILES string of the molecule is CCOC1=CC2=CC[C@@H]3[C@@H](CC[C@]4(C)C(C#N)CC[C@@H]34)[C@@]2(C)CC1. The van der Waals surface area contributed by atoms with Crippen LogP contribution in [0.3, 0.4) is 0 Å². The van der Waals surface area contributed by atoms with Crippen LogP contribution < -0.4 is 0 Å². The molecule has 0 aromatic carbocycles. The van der Waals surface area contributed by atoms with Gasteiger partial charge in [0, 0.05) is 6.42 Å². The highest BCUT2D eigenvalue weighted by Gasteiger charge is 2.58. The monoisotopic (exact) mass is 325 g/mol. The Morgan fingerprint density at radius 3 is 2.79 bits per heavy atom. The summed E-state index contributed by atoms with van der Waals surface area (Å²) in [6.45, 7) is 7.78. The quantitative estimate of drug-likeness (QED) is 0.660. The smallest absolute Gasteiger partial charge is 0.0962 e. The molecule has 6 atom stereocenters. The Morgan fingerprint density at radius 1 is 1.21 bits per heavy atom. The third-order valence-electron chi connectivity index (χ3n) is 8.22. The van der Waals surface area contributed by atoms with Crippen molar-refractivity contribution in [3.63, 3.8) is 0 Å². The molecular weight excluding hydrogens is 294 g/mol. The van der Waals surface area contributed by atoms with Gasteiger partial charge in [0.25, 0.3) is 0 Å². The molecule has 0 radical (unpaired) electrons. The Labute approximate surface area is 147 Å². The molecule has 1 unspecified atom stereocenters. The van der Waals surface area contributed by atoms with Crippen molar-refractivity contribution < 1.29 is 4.74 Å². The third kappa shape index (κ3) is 2.13. The van der Waals surface area contributed by atoms with Gasteiger partial charge in [0.05, 0.1) is 24.4 Å². The second-order valence-corrected chi connectivity index (χ2v) is 9.04. The van der Waals surface area contributed by atoms with Crippen LogP contribution in [-0.2, 0) is 4.74 Å². The van der Waals surface area contributed by atoms with Crippen molar-refractivity contribution in [2.24, 2.45) is 34.5 Å². The molecule has 0 aromatic heterocycles. The zero-order chi connectivity index (χ0) is 16.9. The van der Waals surface area contributed by atoms with Crippen molar-refractivity contribution in [2.75, 3.05) is 6.61 Å². The number of nitriles is 1. The Balaban J connectivity index is 1.65. The molecule has 24 heavy (non-hydrogen) atoms. The molecule has 0 aliphatic heterocycles. The van der Waals surface area contributed by atoms with Gasteiger partial charge in [0.15, 0.2) is 0 Å². The fraction of sp³-hybridized carbons (Fsp3) is 0.773. The molecule has 4 aliphatic rings. The highest BCUT2D eigenvalue weighted by Crippen LogP contribution is 2.65. The predicted octanol–water partition coefficient (Wildman–Crippen LogP) is 5.62. The molecule has 0 N–H and O–H groups in total. The first-order valence-corrected chi connectivity index (χ1v) is 9.96. The number of hydrogen-bond acceptors (Lipinski definition) is 2. The first kappa shape index (κ1) is 16.2. The summed E-state index contributed by atoms with van der Waals surface area (Å²) in [6, 6.07) is 2.64. The van der Waals surface area contributed by atoms with Crippen LogP contribution in [0.1, 0.15) is 65.7 Å². The number of hydrogen-bond donors (Lipinski definition) is 0. The first-order valence-electron chi connectivity index (χ1n) is 9.96. The van der Waals surface area contributed by atoms with E-state index in [0.29, 0.717) is 5.41 Å². The summed E-state index contributed by atoms with van der Waals surface area (Å²) >= 11 is 0. The maximum Gasteiger partial charge on any atom is 0.0962 e. The molecule has 0 aromatic rings. The van der Waals surface area contributed by atoms with Crippen molar-refractivity contribution >= 4 is 0 Å². The van der Waals surface area contributed by atoms with Gasteiger partial charge in [-0.3, -0.25) is 0 Å². The molecule has 2 fully saturated rings. The van der Waals surface area contributed by atoms with Crippen LogP contribution in [0.5, 0.6) is 0 Å². The lowest BCUT2D eigenvalue weighted by Gasteiger charge is -2.56. The normalized spacial score (nSPS) is 46.8. The summed E-state index contributed by atoms with van der Waals surface area (Å²) < 4.78 is 5.81. The number of nitrogens with zero attached hydrogens (tertiary/aromatic N) is 1. The lowest BCUT2D eigenvalue weighted by atomic mass is 9.48. The van der Waals surface area contributed by atoms with Gasteiger partial charge < -0.3 is 4.74 Å². The lowest BCUT2D eigenvalue weighted by Crippen LogP contribution is -2.49. The van der Waals surface area contributed by atoms with Gasteiger partial charge in [0.1, 0.15) is 0 Å². The van der Waals surface area contributed by atoms with E-state index in [0.717, 1.165) is 37.2 Å². The summed E-state index contributed by atoms with van der Waals surface area (Å²) in [5.41, 5.74) is 2.14. The number of fused-ring (bicyclic) bond motifs is 5. The molecule has 2 saturated carbocycles. The average Bonchev–Trinajstić information content (AvgIpc) is 2.92. The molecule has 4 rings (SSSR count). The van der Waals surface area contributed by atoms with E-state index in [9.17, 15) is 5.26 Å². The van der Waals surface area contributed by atoms with E-state index < -0.39 is 0 Å². The molecule has 2 heteroatoms. The van der Waals surface area contributed by atoms with Crippen LogP contribution in [0.4, 0.5) is 0 Å². The molecular formula is C22H31NO. The molecule has 2 nitrogen and oxygen atoms in total. The highest BCUT2D eigenvalue weighted by molar-refractivity contribution is 5.36. The van der Waals surface area contributed by atoms with Crippen LogP contribution in [0.25, 0.3) is 0 Å². The molecule has 4 aliphatic carbocycles. The van der Waals surface area contributed by atoms with Gasteiger partial charge in [-0.15, -0.1) is 0 Å². The summed E-state index contributed by atoms with van der Waals surface area (Å²) in [7, 11) is 0. The Kier molecular flexibility index (Phi) is 3.83. The van der Waals surface area contributed by atoms with Gasteiger partial charge in [-0.25, -0.2) is 0 Å². The van der Waals surface area contributed by atoms with Crippen LogP contribution in [0.15, 0.2) is 23.5 Å². The molecule has 0 bridgehead atoms. The van der Waals surface area contributed by atoms with Crippen molar-refractivity contribution in [1.29, 1.82) is 5.26 Å². The zero-order valence-electron chi connectivity index (χ0n) is 15.5. The van der Waals surface area contributed by atoms with Crippen molar-refractivity contribution in [2.45, 2.75) is 65.7 Å². The number of allylic oxidation sites excluding steroid dienone is 4. The second-order valence-electron chi connectivity index (χ2n) is 9.04. The van der Waals surface area contributed by atoms with E-state index >= 15 is 0 Å². The Morgan fingerprint density at radius 2 is 2.04 bits per heavy atom. The summed E-state index contributed by atoms with van der Waals surface area (Å²) in [5.74, 6) is 3.82. The molecule has 0 saturated heterocycles. The average molecular weight is 325 g/mol. The highest BCUT2D eigenvalue weighted by atomic mass is 16.5. The molecule has 0 amide bonds. The molecule has 130 valence electrons. The maximum absolute atomic E-state index is 9.60. The standard InChI is InChI=1S/C22H31NO/c1-4-24-17-9-11-21(2)15(13-17)5-7-18-19-8-6-16(14-23)22(19,3)12-10-20(18)21/h5,13,16,18-20H,4,6-12H2,1-3H3/t16?,18-,19-,20+,21-,22+/m0/s1. The Hall–Kier alpha value is -1.23. The third-order valence-corrected chi connectivity index (χ3v) is 8.22. The van der Waals surface area contributed by atoms with E-state index in [1.165, 1.54) is 43.4 Å². The summed E-state index contributed by atoms with van der Waals surface area (Å²) in [4.78, 5) is 0. The minimum Gasteiger partial charge on any atom is -0.498 e. The summed E-state index contributed by atoms with van der Waals surface area (Å²) in [6.07, 6.45) is 13.4. The van der Waals surface area contributed by atoms with E-state index in [2.05, 4.69) is 39.0 Å². The van der Waals surface area contributed by atoms with E-state index in [1.807, 2.05) is 0 Å². The fourth-order valence-electron chi connectivity index (χ4n) is 6.81. The minimum absolute atomic E-state index is 0.276. The van der Waals surface area contributed by atoms with Gasteiger partial charge in [-0.05, 0) is 85.7 Å². The molecule has 0 heterocycles. The zero-order valence-corrected chi connectivity index (χ0v) is 15.5. The van der Waals surface area contributed by atoms with Crippen LogP contribution in [0, 0.1) is 45.8 Å². The molecule has 0 spiro atoms. The van der Waals surface area contributed by atoms with Crippen LogP contribution in [0.2, 0.25) is 0 Å². The van der Waals surface area contributed by atoms with Gasteiger partial charge in [-0.1, -0.05) is 19.9 Å². The summed E-state index contributed by atoms with van der Waals surface area (Å²) in [5, 5.41) is 9.60. The van der Waals surface area contributed by atoms with E-state index in [4.69, 9.17) is 4.74 Å². The van der Waals surface area contributed by atoms with Crippen LogP contribution >= 0.6 is 0 Å². The minimum atomic E-state index is 0.276. The largest absolute Gasteiger partial charge is 0.498 e. The van der Waals surface area contributed by atoms with Gasteiger partial charge in [-0.2, -0.15) is 5.26 Å². The van der Waals surface area contributed by atoms with Crippen molar-refractivity contribution in [1.82, 2.24) is 0 Å². The van der Waals surface area contributed by atoms with Gasteiger partial charge >= 0.3 is 0 Å².